The van der Waals surface area contributed by atoms with Gasteiger partial charge in [0.15, 0.2) is 0 Å². The first-order chi connectivity index (χ1) is 7.63. The van der Waals surface area contributed by atoms with Gasteiger partial charge in [-0.15, -0.1) is 0 Å². The van der Waals surface area contributed by atoms with E-state index in [9.17, 15) is 0 Å². The Morgan fingerprint density at radius 1 is 1.19 bits per heavy atom. The quantitative estimate of drug-likeness (QED) is 0.749. The lowest BCUT2D eigenvalue weighted by Gasteiger charge is -2.35. The molecule has 1 fully saturated rings. The molecule has 96 valence electrons. The third-order valence-corrected chi connectivity index (χ3v) is 3.85. The van der Waals surface area contributed by atoms with Crippen LogP contribution in [0.4, 0.5) is 0 Å². The van der Waals surface area contributed by atoms with Crippen molar-refractivity contribution in [1.82, 2.24) is 10.2 Å². The summed E-state index contributed by atoms with van der Waals surface area (Å²) in [5, 5.41) is 3.57. The molecule has 1 unspecified atom stereocenters. The summed E-state index contributed by atoms with van der Waals surface area (Å²) in [5.41, 5.74) is 0. The Kier molecular flexibility index (Phi) is 6.37. The van der Waals surface area contributed by atoms with Crippen molar-refractivity contribution in [3.05, 3.63) is 0 Å². The van der Waals surface area contributed by atoms with Crippen molar-refractivity contribution >= 4 is 0 Å². The van der Waals surface area contributed by atoms with Gasteiger partial charge in [-0.2, -0.15) is 0 Å². The summed E-state index contributed by atoms with van der Waals surface area (Å²) < 4.78 is 0. The molecule has 0 spiro atoms. The molecule has 0 amide bonds. The van der Waals surface area contributed by atoms with Crippen molar-refractivity contribution in [3.8, 4) is 0 Å². The molecule has 2 heteroatoms. The van der Waals surface area contributed by atoms with Gasteiger partial charge in [-0.1, -0.05) is 20.8 Å². The Bertz CT molecular complexity index is 172. The predicted molar refractivity (Wildman–Crippen MR) is 71.8 cm³/mol. The fourth-order valence-electron chi connectivity index (χ4n) is 2.64. The molecular formula is C14H30N2. The molecule has 1 aliphatic rings. The van der Waals surface area contributed by atoms with Gasteiger partial charge in [0.2, 0.25) is 0 Å². The molecule has 0 aromatic carbocycles. The molecule has 0 aromatic rings. The second kappa shape index (κ2) is 7.29. The van der Waals surface area contributed by atoms with Crippen LogP contribution in [0.5, 0.6) is 0 Å². The van der Waals surface area contributed by atoms with Crippen LogP contribution >= 0.6 is 0 Å². The van der Waals surface area contributed by atoms with Gasteiger partial charge in [-0.25, -0.2) is 0 Å². The lowest BCUT2D eigenvalue weighted by molar-refractivity contribution is 0.148. The molecule has 0 radical (unpaired) electrons. The molecule has 1 atom stereocenters. The minimum absolute atomic E-state index is 0.649. The number of rotatable bonds is 6. The standard InChI is InChI=1S/C14H30N2/c1-5-8-15-13(4)11-16-9-6-14(7-10-16)12(2)3/h12-15H,5-11H2,1-4H3. The van der Waals surface area contributed by atoms with E-state index in [1.54, 1.807) is 0 Å². The Balaban J connectivity index is 2.16. The minimum atomic E-state index is 0.649. The molecule has 1 saturated heterocycles. The summed E-state index contributed by atoms with van der Waals surface area (Å²) in [6.45, 7) is 14.3. The Morgan fingerprint density at radius 2 is 1.81 bits per heavy atom. The highest BCUT2D eigenvalue weighted by atomic mass is 15.2. The predicted octanol–water partition coefficient (Wildman–Crippen LogP) is 2.74. The number of nitrogens with zero attached hydrogens (tertiary/aromatic N) is 1. The van der Waals surface area contributed by atoms with E-state index in [-0.39, 0.29) is 0 Å². The lowest BCUT2D eigenvalue weighted by Crippen LogP contribution is -2.43. The maximum absolute atomic E-state index is 3.57. The van der Waals surface area contributed by atoms with Gasteiger partial charge in [0.1, 0.15) is 0 Å². The summed E-state index contributed by atoms with van der Waals surface area (Å²) in [6.07, 6.45) is 4.04. The van der Waals surface area contributed by atoms with Crippen LogP contribution in [0.2, 0.25) is 0 Å². The van der Waals surface area contributed by atoms with E-state index >= 15 is 0 Å². The van der Waals surface area contributed by atoms with Crippen LogP contribution in [-0.2, 0) is 0 Å². The summed E-state index contributed by atoms with van der Waals surface area (Å²) in [7, 11) is 0. The van der Waals surface area contributed by atoms with Crippen LogP contribution in [0.1, 0.15) is 47.0 Å². The molecule has 0 aliphatic carbocycles. The van der Waals surface area contributed by atoms with Crippen LogP contribution < -0.4 is 5.32 Å². The van der Waals surface area contributed by atoms with Crippen LogP contribution in [-0.4, -0.2) is 37.1 Å². The SMILES string of the molecule is CCCNC(C)CN1CCC(C(C)C)CC1. The van der Waals surface area contributed by atoms with Crippen molar-refractivity contribution in [1.29, 1.82) is 0 Å². The van der Waals surface area contributed by atoms with E-state index in [2.05, 4.69) is 37.9 Å². The Labute approximate surface area is 102 Å². The van der Waals surface area contributed by atoms with Gasteiger partial charge < -0.3 is 10.2 Å². The maximum atomic E-state index is 3.57. The van der Waals surface area contributed by atoms with Gasteiger partial charge in [0.25, 0.3) is 0 Å². The smallest absolute Gasteiger partial charge is 0.0166 e. The van der Waals surface area contributed by atoms with E-state index in [1.807, 2.05) is 0 Å². The second-order valence-electron chi connectivity index (χ2n) is 5.74. The minimum Gasteiger partial charge on any atom is -0.313 e. The zero-order valence-corrected chi connectivity index (χ0v) is 11.6. The van der Waals surface area contributed by atoms with Gasteiger partial charge in [-0.05, 0) is 57.7 Å². The summed E-state index contributed by atoms with van der Waals surface area (Å²) in [5.74, 6) is 1.84. The van der Waals surface area contributed by atoms with Crippen molar-refractivity contribution in [2.45, 2.75) is 53.0 Å². The number of hydrogen-bond donors (Lipinski definition) is 1. The fourth-order valence-corrected chi connectivity index (χ4v) is 2.64. The first kappa shape index (κ1) is 14.0. The van der Waals surface area contributed by atoms with E-state index in [4.69, 9.17) is 0 Å². The first-order valence-corrected chi connectivity index (χ1v) is 7.09. The van der Waals surface area contributed by atoms with E-state index in [1.165, 1.54) is 38.9 Å². The average Bonchev–Trinajstić information content (AvgIpc) is 2.27. The van der Waals surface area contributed by atoms with Gasteiger partial charge >= 0.3 is 0 Å². The third kappa shape index (κ3) is 4.84. The van der Waals surface area contributed by atoms with E-state index in [0.717, 1.165) is 18.4 Å². The molecule has 16 heavy (non-hydrogen) atoms. The van der Waals surface area contributed by atoms with E-state index < -0.39 is 0 Å². The summed E-state index contributed by atoms with van der Waals surface area (Å²) in [4.78, 5) is 2.63. The van der Waals surface area contributed by atoms with Crippen molar-refractivity contribution < 1.29 is 0 Å². The molecule has 1 heterocycles. The molecule has 1 N–H and O–H groups in total. The molecule has 0 aromatic heterocycles. The zero-order chi connectivity index (χ0) is 12.0. The number of piperidine rings is 1. The molecule has 0 bridgehead atoms. The van der Waals surface area contributed by atoms with Crippen LogP contribution in [0.15, 0.2) is 0 Å². The van der Waals surface area contributed by atoms with Crippen molar-refractivity contribution in [2.75, 3.05) is 26.2 Å². The van der Waals surface area contributed by atoms with Crippen LogP contribution in [0.25, 0.3) is 0 Å². The molecule has 0 saturated carbocycles. The van der Waals surface area contributed by atoms with Crippen molar-refractivity contribution in [2.24, 2.45) is 11.8 Å². The molecular weight excluding hydrogens is 196 g/mol. The molecule has 1 aliphatic heterocycles. The lowest BCUT2D eigenvalue weighted by atomic mass is 9.86. The largest absolute Gasteiger partial charge is 0.313 e. The third-order valence-electron chi connectivity index (χ3n) is 3.85. The second-order valence-corrected chi connectivity index (χ2v) is 5.74. The maximum Gasteiger partial charge on any atom is 0.0166 e. The van der Waals surface area contributed by atoms with Crippen molar-refractivity contribution in [3.63, 3.8) is 0 Å². The average molecular weight is 226 g/mol. The van der Waals surface area contributed by atoms with Gasteiger partial charge in [-0.3, -0.25) is 0 Å². The summed E-state index contributed by atoms with van der Waals surface area (Å²) >= 11 is 0. The normalized spacial score (nSPS) is 21.6. The topological polar surface area (TPSA) is 15.3 Å². The molecule has 1 rings (SSSR count). The number of hydrogen-bond acceptors (Lipinski definition) is 2. The van der Waals surface area contributed by atoms with Crippen LogP contribution in [0, 0.1) is 11.8 Å². The fraction of sp³-hybridized carbons (Fsp3) is 1.00. The van der Waals surface area contributed by atoms with Gasteiger partial charge in [0.05, 0.1) is 0 Å². The number of nitrogens with one attached hydrogen (secondary N) is 1. The highest BCUT2D eigenvalue weighted by molar-refractivity contribution is 4.76. The molecule has 2 nitrogen and oxygen atoms in total. The zero-order valence-electron chi connectivity index (χ0n) is 11.6. The monoisotopic (exact) mass is 226 g/mol. The number of likely N-dealkylation sites (tertiary alicyclic amines) is 1. The van der Waals surface area contributed by atoms with E-state index in [0.29, 0.717) is 6.04 Å². The summed E-state index contributed by atoms with van der Waals surface area (Å²) in [6, 6.07) is 0.649. The highest BCUT2D eigenvalue weighted by Gasteiger charge is 2.22. The Morgan fingerprint density at radius 3 is 2.31 bits per heavy atom. The first-order valence-electron chi connectivity index (χ1n) is 7.09. The highest BCUT2D eigenvalue weighted by Crippen LogP contribution is 2.24. The van der Waals surface area contributed by atoms with Crippen LogP contribution in [0.3, 0.4) is 0 Å². The Hall–Kier alpha value is -0.0800. The van der Waals surface area contributed by atoms with Gasteiger partial charge in [0, 0.05) is 12.6 Å².